The van der Waals surface area contributed by atoms with Crippen molar-refractivity contribution < 1.29 is 9.13 Å². The minimum Gasteiger partial charge on any atom is -0.467 e. The Bertz CT molecular complexity index is 539. The highest BCUT2D eigenvalue weighted by Crippen LogP contribution is 2.31. The number of alkyl halides is 1. The van der Waals surface area contributed by atoms with Crippen LogP contribution < -0.4 is 9.64 Å². The van der Waals surface area contributed by atoms with E-state index in [2.05, 4.69) is 25.4 Å². The number of methoxy groups -OCH3 is 1. The molecule has 0 unspecified atom stereocenters. The van der Waals surface area contributed by atoms with Gasteiger partial charge in [0.05, 0.1) is 38.3 Å². The highest BCUT2D eigenvalue weighted by molar-refractivity contribution is 5.72. The summed E-state index contributed by atoms with van der Waals surface area (Å²) in [6.07, 6.45) is 2.44. The smallest absolute Gasteiger partial charge is 0.316 e. The minimum atomic E-state index is -0.794. The zero-order valence-corrected chi connectivity index (χ0v) is 9.67. The SMILES string of the molecule is COc1ncc(N2CC(F)C2)c(-c2c[nH]nn2)n1. The van der Waals surface area contributed by atoms with Crippen molar-refractivity contribution in [2.75, 3.05) is 25.1 Å². The Labute approximate surface area is 102 Å². The van der Waals surface area contributed by atoms with Crippen LogP contribution in [0, 0.1) is 0 Å². The maximum atomic E-state index is 12.9. The van der Waals surface area contributed by atoms with Gasteiger partial charge in [0.25, 0.3) is 0 Å². The number of aromatic amines is 1. The molecule has 1 saturated heterocycles. The summed E-state index contributed by atoms with van der Waals surface area (Å²) in [5.74, 6) is 0. The van der Waals surface area contributed by atoms with Gasteiger partial charge in [0.15, 0.2) is 0 Å². The zero-order chi connectivity index (χ0) is 12.5. The van der Waals surface area contributed by atoms with Crippen LogP contribution >= 0.6 is 0 Å². The molecule has 94 valence electrons. The van der Waals surface area contributed by atoms with Crippen molar-refractivity contribution in [3.8, 4) is 17.4 Å². The number of aromatic nitrogens is 5. The minimum absolute atomic E-state index is 0.245. The standard InChI is InChI=1S/C10H11FN6O/c1-18-10-12-3-8(17-4-6(11)5-17)9(14-10)7-2-13-16-15-7/h2-3,6H,4-5H2,1H3,(H,13,15,16). The fourth-order valence-corrected chi connectivity index (χ4v) is 1.82. The van der Waals surface area contributed by atoms with Crippen molar-refractivity contribution in [3.63, 3.8) is 0 Å². The Morgan fingerprint density at radius 2 is 2.33 bits per heavy atom. The number of nitrogens with one attached hydrogen (secondary N) is 1. The maximum absolute atomic E-state index is 12.9. The van der Waals surface area contributed by atoms with Gasteiger partial charge in [-0.15, -0.1) is 5.10 Å². The fourth-order valence-electron chi connectivity index (χ4n) is 1.82. The van der Waals surface area contributed by atoms with E-state index >= 15 is 0 Å². The molecule has 1 aliphatic rings. The number of hydrogen-bond acceptors (Lipinski definition) is 6. The third-order valence-corrected chi connectivity index (χ3v) is 2.77. The van der Waals surface area contributed by atoms with Crippen molar-refractivity contribution in [1.29, 1.82) is 0 Å². The number of rotatable bonds is 3. The van der Waals surface area contributed by atoms with Gasteiger partial charge in [0, 0.05) is 0 Å². The van der Waals surface area contributed by atoms with Crippen molar-refractivity contribution in [2.45, 2.75) is 6.17 Å². The van der Waals surface area contributed by atoms with Crippen LogP contribution in [-0.2, 0) is 0 Å². The first-order chi connectivity index (χ1) is 8.78. The van der Waals surface area contributed by atoms with Crippen molar-refractivity contribution >= 4 is 5.69 Å². The van der Waals surface area contributed by atoms with Crippen molar-refractivity contribution in [1.82, 2.24) is 25.4 Å². The molecule has 0 aromatic carbocycles. The van der Waals surface area contributed by atoms with Crippen LogP contribution in [0.25, 0.3) is 11.4 Å². The van der Waals surface area contributed by atoms with E-state index in [0.29, 0.717) is 24.5 Å². The Morgan fingerprint density at radius 1 is 1.50 bits per heavy atom. The largest absolute Gasteiger partial charge is 0.467 e. The van der Waals surface area contributed by atoms with E-state index in [1.807, 2.05) is 4.90 Å². The molecule has 8 heteroatoms. The second-order valence-corrected chi connectivity index (χ2v) is 3.95. The Hall–Kier alpha value is -2.25. The first-order valence-electron chi connectivity index (χ1n) is 5.45. The van der Waals surface area contributed by atoms with Crippen LogP contribution in [0.5, 0.6) is 6.01 Å². The molecule has 0 radical (unpaired) electrons. The molecular weight excluding hydrogens is 239 g/mol. The Kier molecular flexibility index (Phi) is 2.54. The number of hydrogen-bond donors (Lipinski definition) is 1. The first kappa shape index (κ1) is 10.9. The molecule has 2 aromatic heterocycles. The average molecular weight is 250 g/mol. The second kappa shape index (κ2) is 4.21. The van der Waals surface area contributed by atoms with E-state index in [-0.39, 0.29) is 6.01 Å². The number of nitrogens with zero attached hydrogens (tertiary/aromatic N) is 5. The van der Waals surface area contributed by atoms with Crippen LogP contribution in [-0.4, -0.2) is 51.7 Å². The van der Waals surface area contributed by atoms with Gasteiger partial charge in [-0.25, -0.2) is 9.37 Å². The molecule has 18 heavy (non-hydrogen) atoms. The highest BCUT2D eigenvalue weighted by atomic mass is 19.1. The number of ether oxygens (including phenoxy) is 1. The summed E-state index contributed by atoms with van der Waals surface area (Å²) in [6.45, 7) is 0.696. The van der Waals surface area contributed by atoms with Crippen LogP contribution in [0.2, 0.25) is 0 Å². The van der Waals surface area contributed by atoms with Gasteiger partial charge in [-0.1, -0.05) is 5.21 Å². The van der Waals surface area contributed by atoms with Gasteiger partial charge < -0.3 is 9.64 Å². The van der Waals surface area contributed by atoms with Crippen LogP contribution in [0.15, 0.2) is 12.4 Å². The van der Waals surface area contributed by atoms with Gasteiger partial charge in [-0.3, -0.25) is 5.10 Å². The molecule has 3 rings (SSSR count). The lowest BCUT2D eigenvalue weighted by molar-refractivity contribution is 0.274. The summed E-state index contributed by atoms with van der Waals surface area (Å²) in [5.41, 5.74) is 1.90. The van der Waals surface area contributed by atoms with E-state index < -0.39 is 6.17 Å². The normalized spacial score (nSPS) is 15.6. The van der Waals surface area contributed by atoms with Crippen LogP contribution in [0.4, 0.5) is 10.1 Å². The molecule has 1 N–H and O–H groups in total. The molecule has 0 saturated carbocycles. The molecule has 0 amide bonds. The number of H-pyrrole nitrogens is 1. The van der Waals surface area contributed by atoms with E-state index in [4.69, 9.17) is 4.74 Å². The van der Waals surface area contributed by atoms with Gasteiger partial charge in [-0.2, -0.15) is 4.98 Å². The molecule has 1 fully saturated rings. The quantitative estimate of drug-likeness (QED) is 0.850. The van der Waals surface area contributed by atoms with Gasteiger partial charge >= 0.3 is 6.01 Å². The topological polar surface area (TPSA) is 79.8 Å². The summed E-state index contributed by atoms with van der Waals surface area (Å²) in [6, 6.07) is 0.245. The van der Waals surface area contributed by atoms with Crippen LogP contribution in [0.1, 0.15) is 0 Å². The van der Waals surface area contributed by atoms with Crippen LogP contribution in [0.3, 0.4) is 0 Å². The molecule has 3 heterocycles. The zero-order valence-electron chi connectivity index (χ0n) is 9.67. The monoisotopic (exact) mass is 250 g/mol. The molecule has 0 bridgehead atoms. The Balaban J connectivity index is 2.02. The third-order valence-electron chi connectivity index (χ3n) is 2.77. The first-order valence-corrected chi connectivity index (χ1v) is 5.45. The van der Waals surface area contributed by atoms with Gasteiger partial charge in [-0.05, 0) is 0 Å². The van der Waals surface area contributed by atoms with E-state index in [1.54, 1.807) is 12.4 Å². The van der Waals surface area contributed by atoms with Gasteiger partial charge in [0.1, 0.15) is 17.6 Å². The average Bonchev–Trinajstić information content (AvgIpc) is 2.88. The summed E-state index contributed by atoms with van der Waals surface area (Å²) < 4.78 is 17.9. The summed E-state index contributed by atoms with van der Waals surface area (Å²) in [7, 11) is 1.49. The highest BCUT2D eigenvalue weighted by Gasteiger charge is 2.29. The summed E-state index contributed by atoms with van der Waals surface area (Å²) in [4.78, 5) is 10.1. The van der Waals surface area contributed by atoms with E-state index in [1.165, 1.54) is 7.11 Å². The summed E-state index contributed by atoms with van der Waals surface area (Å²) in [5, 5.41) is 10.2. The molecule has 0 spiro atoms. The van der Waals surface area contributed by atoms with Crippen molar-refractivity contribution in [2.24, 2.45) is 0 Å². The van der Waals surface area contributed by atoms with E-state index in [0.717, 1.165) is 5.69 Å². The molecular formula is C10H11FN6O. The fraction of sp³-hybridized carbons (Fsp3) is 0.400. The second-order valence-electron chi connectivity index (χ2n) is 3.95. The lowest BCUT2D eigenvalue weighted by Gasteiger charge is -2.36. The number of halogens is 1. The molecule has 0 atom stereocenters. The lowest BCUT2D eigenvalue weighted by atomic mass is 10.1. The third kappa shape index (κ3) is 1.75. The molecule has 7 nitrogen and oxygen atoms in total. The molecule has 2 aromatic rings. The molecule has 1 aliphatic heterocycles. The predicted octanol–water partition coefficient (Wildman–Crippen LogP) is 0.428. The summed E-state index contributed by atoms with van der Waals surface area (Å²) >= 11 is 0. The molecule has 0 aliphatic carbocycles. The Morgan fingerprint density at radius 3 is 2.94 bits per heavy atom. The van der Waals surface area contributed by atoms with Gasteiger partial charge in [0.2, 0.25) is 0 Å². The predicted molar refractivity (Wildman–Crippen MR) is 61.1 cm³/mol. The van der Waals surface area contributed by atoms with E-state index in [9.17, 15) is 4.39 Å². The van der Waals surface area contributed by atoms with Crippen molar-refractivity contribution in [3.05, 3.63) is 12.4 Å². The lowest BCUT2D eigenvalue weighted by Crippen LogP contribution is -2.48. The number of anilines is 1. The maximum Gasteiger partial charge on any atom is 0.316 e.